The zero-order valence-corrected chi connectivity index (χ0v) is 16.0. The maximum absolute atomic E-state index is 12.4. The minimum Gasteiger partial charge on any atom is -0.348 e. The minimum absolute atomic E-state index is 0.112. The van der Waals surface area contributed by atoms with Gasteiger partial charge >= 0.3 is 0 Å². The Bertz CT molecular complexity index is 901. The molecule has 24 heavy (non-hydrogen) atoms. The summed E-state index contributed by atoms with van der Waals surface area (Å²) in [7, 11) is 0. The van der Waals surface area contributed by atoms with Crippen LogP contribution in [0.3, 0.4) is 0 Å². The van der Waals surface area contributed by atoms with Crippen LogP contribution in [-0.4, -0.2) is 20.7 Å². The Morgan fingerprint density at radius 2 is 2.21 bits per heavy atom. The third kappa shape index (κ3) is 3.66. The molecule has 8 heteroatoms. The fourth-order valence-electron chi connectivity index (χ4n) is 2.39. The summed E-state index contributed by atoms with van der Waals surface area (Å²) >= 11 is 10.3. The Morgan fingerprint density at radius 3 is 2.92 bits per heavy atom. The summed E-state index contributed by atoms with van der Waals surface area (Å²) in [5.41, 5.74) is 1.03. The van der Waals surface area contributed by atoms with E-state index in [0.717, 1.165) is 14.9 Å². The molecule has 0 saturated heterocycles. The van der Waals surface area contributed by atoms with Crippen LogP contribution in [0.15, 0.2) is 46.3 Å². The van der Waals surface area contributed by atoms with Crippen LogP contribution in [0.4, 0.5) is 0 Å². The summed E-state index contributed by atoms with van der Waals surface area (Å²) in [5.74, 6) is 0.562. The van der Waals surface area contributed by atoms with Crippen molar-refractivity contribution in [1.82, 2.24) is 20.1 Å². The molecule has 0 fully saturated rings. The van der Waals surface area contributed by atoms with Crippen LogP contribution < -0.4 is 5.32 Å². The Hall–Kier alpha value is -1.77. The van der Waals surface area contributed by atoms with Gasteiger partial charge in [-0.25, -0.2) is 0 Å². The van der Waals surface area contributed by atoms with Crippen molar-refractivity contribution in [3.8, 4) is 10.7 Å². The molecule has 0 radical (unpaired) electrons. The summed E-state index contributed by atoms with van der Waals surface area (Å²) in [6.07, 6.45) is 0. The maximum Gasteiger partial charge on any atom is 0.240 e. The zero-order chi connectivity index (χ0) is 17.1. The monoisotopic (exact) mass is 422 g/mol. The first-order valence-electron chi connectivity index (χ1n) is 7.29. The van der Waals surface area contributed by atoms with Gasteiger partial charge in [0.2, 0.25) is 5.91 Å². The number of benzene rings is 1. The average Bonchev–Trinajstić information content (AvgIpc) is 3.18. The normalized spacial score (nSPS) is 12.1. The average molecular weight is 423 g/mol. The number of nitrogens with one attached hydrogen (secondary N) is 2. The molecule has 2 heterocycles. The van der Waals surface area contributed by atoms with Crippen LogP contribution in [0.25, 0.3) is 10.7 Å². The first-order chi connectivity index (χ1) is 11.6. The van der Waals surface area contributed by atoms with Crippen molar-refractivity contribution in [3.63, 3.8) is 0 Å². The second-order valence-corrected chi connectivity index (χ2v) is 7.42. The lowest BCUT2D eigenvalue weighted by molar-refractivity contribution is -0.122. The Balaban J connectivity index is 1.76. The van der Waals surface area contributed by atoms with Crippen LogP contribution in [0.2, 0.25) is 0 Å². The standard InChI is InChI=1S/C16H15BrN4OS2/c1-10(11-5-2-3-6-12(11)17)18-14(22)9-21-15(19-20-16(21)23)13-7-4-8-24-13/h2-8,10H,9H2,1H3,(H,18,22)(H,20,23)/t10-/m1/s1. The van der Waals surface area contributed by atoms with E-state index in [2.05, 4.69) is 31.4 Å². The fourth-order valence-corrected chi connectivity index (χ4v) is 3.94. The molecule has 2 aromatic heterocycles. The van der Waals surface area contributed by atoms with Crippen LogP contribution in [-0.2, 0) is 11.3 Å². The van der Waals surface area contributed by atoms with Crippen molar-refractivity contribution in [2.75, 3.05) is 0 Å². The topological polar surface area (TPSA) is 62.7 Å². The van der Waals surface area contributed by atoms with Crippen molar-refractivity contribution < 1.29 is 4.79 Å². The molecule has 2 N–H and O–H groups in total. The number of rotatable bonds is 5. The molecule has 0 spiro atoms. The molecule has 3 rings (SSSR count). The smallest absolute Gasteiger partial charge is 0.240 e. The van der Waals surface area contributed by atoms with Gasteiger partial charge in [-0.3, -0.25) is 14.5 Å². The van der Waals surface area contributed by atoms with Gasteiger partial charge in [0, 0.05) is 4.47 Å². The maximum atomic E-state index is 12.4. The molecule has 0 saturated carbocycles. The number of carbonyl (C=O) groups is 1. The fraction of sp³-hybridized carbons (Fsp3) is 0.188. The van der Waals surface area contributed by atoms with Crippen LogP contribution >= 0.6 is 39.5 Å². The van der Waals surface area contributed by atoms with E-state index in [9.17, 15) is 4.79 Å². The molecule has 3 aromatic rings. The third-order valence-electron chi connectivity index (χ3n) is 3.55. The highest BCUT2D eigenvalue weighted by atomic mass is 79.9. The first kappa shape index (κ1) is 17.1. The third-order valence-corrected chi connectivity index (χ3v) is 5.45. The lowest BCUT2D eigenvalue weighted by atomic mass is 10.1. The molecule has 0 aliphatic carbocycles. The van der Waals surface area contributed by atoms with Crippen molar-refractivity contribution >= 4 is 45.4 Å². The second-order valence-electron chi connectivity index (χ2n) is 5.23. The summed E-state index contributed by atoms with van der Waals surface area (Å²) in [6, 6.07) is 11.6. The number of halogens is 1. The van der Waals surface area contributed by atoms with E-state index >= 15 is 0 Å². The summed E-state index contributed by atoms with van der Waals surface area (Å²) in [6.45, 7) is 2.07. The molecule has 5 nitrogen and oxygen atoms in total. The number of amides is 1. The van der Waals surface area contributed by atoms with Crippen molar-refractivity contribution in [2.45, 2.75) is 19.5 Å². The van der Waals surface area contributed by atoms with E-state index in [0.29, 0.717) is 10.6 Å². The molecular weight excluding hydrogens is 408 g/mol. The summed E-state index contributed by atoms with van der Waals surface area (Å²) < 4.78 is 3.11. The molecule has 1 amide bonds. The van der Waals surface area contributed by atoms with Crippen LogP contribution in [0.1, 0.15) is 18.5 Å². The number of hydrogen-bond donors (Lipinski definition) is 2. The van der Waals surface area contributed by atoms with Crippen molar-refractivity contribution in [1.29, 1.82) is 0 Å². The SMILES string of the molecule is C[C@@H](NC(=O)Cn1c(-c2cccs2)n[nH]c1=S)c1ccccc1Br. The second kappa shape index (κ2) is 7.42. The number of H-pyrrole nitrogens is 1. The lowest BCUT2D eigenvalue weighted by Gasteiger charge is -2.16. The number of aromatic nitrogens is 3. The molecule has 0 unspecified atom stereocenters. The Morgan fingerprint density at radius 1 is 1.42 bits per heavy atom. The molecule has 0 aliphatic heterocycles. The summed E-state index contributed by atoms with van der Waals surface area (Å²) in [4.78, 5) is 13.4. The highest BCUT2D eigenvalue weighted by Gasteiger charge is 2.16. The first-order valence-corrected chi connectivity index (χ1v) is 9.37. The van der Waals surface area contributed by atoms with E-state index in [1.807, 2.05) is 48.7 Å². The van der Waals surface area contributed by atoms with Gasteiger partial charge < -0.3 is 5.32 Å². The zero-order valence-electron chi connectivity index (χ0n) is 12.8. The van der Waals surface area contributed by atoms with Gasteiger partial charge in [-0.05, 0) is 42.2 Å². The van der Waals surface area contributed by atoms with Gasteiger partial charge in [-0.15, -0.1) is 11.3 Å². The van der Waals surface area contributed by atoms with Gasteiger partial charge in [0.05, 0.1) is 10.9 Å². The predicted octanol–water partition coefficient (Wildman–Crippen LogP) is 4.31. The number of aromatic amines is 1. The summed E-state index contributed by atoms with van der Waals surface area (Å²) in [5, 5.41) is 12.0. The molecular formula is C16H15BrN4OS2. The Labute approximate surface area is 156 Å². The molecule has 0 bridgehead atoms. The molecule has 0 aliphatic rings. The van der Waals surface area contributed by atoms with Gasteiger partial charge in [0.15, 0.2) is 10.6 Å². The van der Waals surface area contributed by atoms with E-state index in [1.165, 1.54) is 0 Å². The highest BCUT2D eigenvalue weighted by Crippen LogP contribution is 2.24. The minimum atomic E-state index is -0.117. The van der Waals surface area contributed by atoms with Gasteiger partial charge in [-0.2, -0.15) is 5.10 Å². The van der Waals surface area contributed by atoms with Crippen molar-refractivity contribution in [2.24, 2.45) is 0 Å². The largest absolute Gasteiger partial charge is 0.348 e. The van der Waals surface area contributed by atoms with E-state index in [1.54, 1.807) is 15.9 Å². The number of thiophene rings is 1. The highest BCUT2D eigenvalue weighted by molar-refractivity contribution is 9.10. The number of hydrogen-bond acceptors (Lipinski definition) is 4. The molecule has 124 valence electrons. The number of nitrogens with zero attached hydrogens (tertiary/aromatic N) is 2. The Kier molecular flexibility index (Phi) is 5.27. The van der Waals surface area contributed by atoms with E-state index in [4.69, 9.17) is 12.2 Å². The van der Waals surface area contributed by atoms with E-state index in [-0.39, 0.29) is 18.5 Å². The van der Waals surface area contributed by atoms with Crippen LogP contribution in [0.5, 0.6) is 0 Å². The van der Waals surface area contributed by atoms with Gasteiger partial charge in [0.1, 0.15) is 6.54 Å². The van der Waals surface area contributed by atoms with Gasteiger partial charge in [0.25, 0.3) is 0 Å². The van der Waals surface area contributed by atoms with E-state index < -0.39 is 0 Å². The molecule has 1 atom stereocenters. The lowest BCUT2D eigenvalue weighted by Crippen LogP contribution is -2.30. The van der Waals surface area contributed by atoms with Gasteiger partial charge in [-0.1, -0.05) is 40.2 Å². The predicted molar refractivity (Wildman–Crippen MR) is 101 cm³/mol. The van der Waals surface area contributed by atoms with Crippen LogP contribution in [0, 0.1) is 4.77 Å². The molecule has 1 aromatic carbocycles. The van der Waals surface area contributed by atoms with Crippen molar-refractivity contribution in [3.05, 3.63) is 56.6 Å². The quantitative estimate of drug-likeness (QED) is 0.602. The number of carbonyl (C=O) groups excluding carboxylic acids is 1.